The second-order valence-electron chi connectivity index (χ2n) is 5.63. The molecule has 4 heteroatoms. The molecule has 0 aromatic heterocycles. The highest BCUT2D eigenvalue weighted by molar-refractivity contribution is 5.78. The van der Waals surface area contributed by atoms with E-state index in [2.05, 4.69) is 11.4 Å². The maximum atomic E-state index is 12.2. The standard InChI is InChI=1S/C17H23N3O/c1-14(16-8-6-15(12-18)7-9-16)19-13-17(21)20-10-4-2-3-5-11-20/h6-9,14,19H,2-5,10-11,13H2,1H3. The third-order valence-corrected chi connectivity index (χ3v) is 4.06. The van der Waals surface area contributed by atoms with E-state index in [1.807, 2.05) is 36.1 Å². The number of hydrogen-bond acceptors (Lipinski definition) is 3. The minimum atomic E-state index is 0.105. The Morgan fingerprint density at radius 2 is 1.86 bits per heavy atom. The second-order valence-corrected chi connectivity index (χ2v) is 5.63. The normalized spacial score (nSPS) is 16.9. The summed E-state index contributed by atoms with van der Waals surface area (Å²) in [4.78, 5) is 14.2. The summed E-state index contributed by atoms with van der Waals surface area (Å²) in [6, 6.07) is 9.71. The molecule has 1 fully saturated rings. The fraction of sp³-hybridized carbons (Fsp3) is 0.529. The van der Waals surface area contributed by atoms with E-state index in [1.165, 1.54) is 12.8 Å². The molecule has 0 bridgehead atoms. The van der Waals surface area contributed by atoms with Gasteiger partial charge in [-0.2, -0.15) is 5.26 Å². The van der Waals surface area contributed by atoms with E-state index in [0.717, 1.165) is 31.5 Å². The van der Waals surface area contributed by atoms with Gasteiger partial charge in [-0.3, -0.25) is 4.79 Å². The lowest BCUT2D eigenvalue weighted by Crippen LogP contribution is -2.39. The molecule has 0 radical (unpaired) electrons. The number of hydrogen-bond donors (Lipinski definition) is 1. The maximum absolute atomic E-state index is 12.2. The fourth-order valence-electron chi connectivity index (χ4n) is 2.64. The van der Waals surface area contributed by atoms with Gasteiger partial charge in [0.15, 0.2) is 0 Å². The van der Waals surface area contributed by atoms with Gasteiger partial charge in [0, 0.05) is 19.1 Å². The van der Waals surface area contributed by atoms with Crippen LogP contribution in [-0.2, 0) is 4.79 Å². The van der Waals surface area contributed by atoms with Crippen LogP contribution in [0.2, 0.25) is 0 Å². The topological polar surface area (TPSA) is 56.1 Å². The number of carbonyl (C=O) groups is 1. The Morgan fingerprint density at radius 3 is 2.43 bits per heavy atom. The number of likely N-dealkylation sites (tertiary alicyclic amines) is 1. The first kappa shape index (κ1) is 15.5. The Balaban J connectivity index is 1.83. The fourth-order valence-corrected chi connectivity index (χ4v) is 2.64. The van der Waals surface area contributed by atoms with E-state index in [4.69, 9.17) is 5.26 Å². The Hall–Kier alpha value is -1.86. The summed E-state index contributed by atoms with van der Waals surface area (Å²) in [6.45, 7) is 4.20. The molecule has 1 aliphatic rings. The molecule has 1 aromatic carbocycles. The minimum Gasteiger partial charge on any atom is -0.342 e. The van der Waals surface area contributed by atoms with Gasteiger partial charge in [0.05, 0.1) is 18.2 Å². The summed E-state index contributed by atoms with van der Waals surface area (Å²) in [5, 5.41) is 12.1. The number of rotatable bonds is 4. The molecule has 1 saturated heterocycles. The van der Waals surface area contributed by atoms with Crippen molar-refractivity contribution in [1.29, 1.82) is 5.26 Å². The average molecular weight is 285 g/mol. The van der Waals surface area contributed by atoms with Crippen molar-refractivity contribution >= 4 is 5.91 Å². The van der Waals surface area contributed by atoms with Gasteiger partial charge in [-0.15, -0.1) is 0 Å². The zero-order chi connectivity index (χ0) is 15.1. The summed E-state index contributed by atoms with van der Waals surface area (Å²) in [5.41, 5.74) is 1.75. The van der Waals surface area contributed by atoms with E-state index in [-0.39, 0.29) is 11.9 Å². The molecule has 0 spiro atoms. The molecule has 4 nitrogen and oxygen atoms in total. The van der Waals surface area contributed by atoms with Crippen LogP contribution in [-0.4, -0.2) is 30.4 Å². The zero-order valence-electron chi connectivity index (χ0n) is 12.6. The maximum Gasteiger partial charge on any atom is 0.236 e. The second kappa shape index (κ2) is 7.80. The molecule has 1 aromatic rings. The van der Waals surface area contributed by atoms with Crippen LogP contribution < -0.4 is 5.32 Å². The van der Waals surface area contributed by atoms with Crippen LogP contribution in [0.15, 0.2) is 24.3 Å². The number of carbonyl (C=O) groups excluding carboxylic acids is 1. The van der Waals surface area contributed by atoms with Gasteiger partial charge in [-0.1, -0.05) is 25.0 Å². The van der Waals surface area contributed by atoms with Gasteiger partial charge >= 0.3 is 0 Å². The summed E-state index contributed by atoms with van der Waals surface area (Å²) >= 11 is 0. The number of nitrogens with one attached hydrogen (secondary N) is 1. The SMILES string of the molecule is CC(NCC(=O)N1CCCCCC1)c1ccc(C#N)cc1. The highest BCUT2D eigenvalue weighted by atomic mass is 16.2. The van der Waals surface area contributed by atoms with E-state index in [1.54, 1.807) is 0 Å². The lowest BCUT2D eigenvalue weighted by atomic mass is 10.1. The van der Waals surface area contributed by atoms with E-state index in [0.29, 0.717) is 12.1 Å². The molecule has 1 atom stereocenters. The quantitative estimate of drug-likeness (QED) is 0.925. The summed E-state index contributed by atoms with van der Waals surface area (Å²) in [5.74, 6) is 0.192. The molecule has 0 aliphatic carbocycles. The zero-order valence-corrected chi connectivity index (χ0v) is 12.6. The molecule has 21 heavy (non-hydrogen) atoms. The first-order valence-electron chi connectivity index (χ1n) is 7.72. The molecular formula is C17H23N3O. The Labute approximate surface area is 126 Å². The third-order valence-electron chi connectivity index (χ3n) is 4.06. The molecule has 1 aliphatic heterocycles. The van der Waals surface area contributed by atoms with Gasteiger partial charge in [0.1, 0.15) is 0 Å². The third kappa shape index (κ3) is 4.57. The van der Waals surface area contributed by atoms with Gasteiger partial charge in [-0.25, -0.2) is 0 Å². The Morgan fingerprint density at radius 1 is 1.24 bits per heavy atom. The predicted molar refractivity (Wildman–Crippen MR) is 82.6 cm³/mol. The van der Waals surface area contributed by atoms with Crippen molar-refractivity contribution in [2.45, 2.75) is 38.6 Å². The molecule has 112 valence electrons. The van der Waals surface area contributed by atoms with Crippen molar-refractivity contribution in [3.05, 3.63) is 35.4 Å². The van der Waals surface area contributed by atoms with Gasteiger partial charge in [0.2, 0.25) is 5.91 Å². The van der Waals surface area contributed by atoms with E-state index in [9.17, 15) is 4.79 Å². The average Bonchev–Trinajstić information content (AvgIpc) is 2.81. The largest absolute Gasteiger partial charge is 0.342 e. The molecule has 2 rings (SSSR count). The summed E-state index contributed by atoms with van der Waals surface area (Å²) in [7, 11) is 0. The number of nitriles is 1. The van der Waals surface area contributed by atoms with Crippen LogP contribution in [0, 0.1) is 11.3 Å². The van der Waals surface area contributed by atoms with Gasteiger partial charge in [-0.05, 0) is 37.5 Å². The van der Waals surface area contributed by atoms with Crippen LogP contribution in [0.4, 0.5) is 0 Å². The lowest BCUT2D eigenvalue weighted by molar-refractivity contribution is -0.130. The first-order chi connectivity index (χ1) is 10.2. The molecular weight excluding hydrogens is 262 g/mol. The van der Waals surface area contributed by atoms with Gasteiger partial charge < -0.3 is 10.2 Å². The highest BCUT2D eigenvalue weighted by Gasteiger charge is 2.16. The molecule has 1 unspecified atom stereocenters. The summed E-state index contributed by atoms with van der Waals surface area (Å²) < 4.78 is 0. The highest BCUT2D eigenvalue weighted by Crippen LogP contribution is 2.13. The molecule has 1 N–H and O–H groups in total. The smallest absolute Gasteiger partial charge is 0.236 e. The van der Waals surface area contributed by atoms with Crippen LogP contribution >= 0.6 is 0 Å². The van der Waals surface area contributed by atoms with Gasteiger partial charge in [0.25, 0.3) is 0 Å². The van der Waals surface area contributed by atoms with Crippen molar-refractivity contribution in [2.75, 3.05) is 19.6 Å². The number of nitrogens with zero attached hydrogens (tertiary/aromatic N) is 2. The molecule has 1 amide bonds. The van der Waals surface area contributed by atoms with Crippen molar-refractivity contribution in [3.63, 3.8) is 0 Å². The van der Waals surface area contributed by atoms with Crippen molar-refractivity contribution in [2.24, 2.45) is 0 Å². The van der Waals surface area contributed by atoms with Crippen LogP contribution in [0.25, 0.3) is 0 Å². The van der Waals surface area contributed by atoms with Crippen molar-refractivity contribution in [3.8, 4) is 6.07 Å². The Bertz CT molecular complexity index is 496. The van der Waals surface area contributed by atoms with Crippen LogP contribution in [0.1, 0.15) is 49.8 Å². The van der Waals surface area contributed by atoms with Crippen LogP contribution in [0.3, 0.4) is 0 Å². The number of amides is 1. The lowest BCUT2D eigenvalue weighted by Gasteiger charge is -2.22. The predicted octanol–water partition coefficient (Wildman–Crippen LogP) is 2.61. The summed E-state index contributed by atoms with van der Waals surface area (Å²) in [6.07, 6.45) is 4.71. The first-order valence-corrected chi connectivity index (χ1v) is 7.72. The Kier molecular flexibility index (Phi) is 5.77. The molecule has 1 heterocycles. The van der Waals surface area contributed by atoms with E-state index >= 15 is 0 Å². The van der Waals surface area contributed by atoms with Crippen molar-refractivity contribution < 1.29 is 4.79 Å². The molecule has 0 saturated carbocycles. The van der Waals surface area contributed by atoms with Crippen molar-refractivity contribution in [1.82, 2.24) is 10.2 Å². The minimum absolute atomic E-state index is 0.105. The number of benzene rings is 1. The monoisotopic (exact) mass is 285 g/mol. The van der Waals surface area contributed by atoms with E-state index < -0.39 is 0 Å². The van der Waals surface area contributed by atoms with Crippen LogP contribution in [0.5, 0.6) is 0 Å².